The molecular weight excluding hydrogens is 313 g/mol. The molecule has 116 valence electrons. The Balaban J connectivity index is 2.26. The van der Waals surface area contributed by atoms with E-state index in [0.717, 1.165) is 6.20 Å². The molecule has 10 heteroatoms. The first-order valence-electron chi connectivity index (χ1n) is 5.58. The molecule has 1 heterocycles. The fourth-order valence-electron chi connectivity index (χ4n) is 1.49. The second-order valence-corrected chi connectivity index (χ2v) is 3.91. The first-order chi connectivity index (χ1) is 10.3. The van der Waals surface area contributed by atoms with Gasteiger partial charge in [-0.3, -0.25) is 0 Å². The van der Waals surface area contributed by atoms with Crippen LogP contribution in [0, 0.1) is 29.1 Å². The fourth-order valence-corrected chi connectivity index (χ4v) is 1.49. The number of nitrogens with two attached hydrogens (primary N) is 1. The molecule has 2 N–H and O–H groups in total. The van der Waals surface area contributed by atoms with Gasteiger partial charge in [0, 0.05) is 12.4 Å². The van der Waals surface area contributed by atoms with Crippen molar-refractivity contribution < 1.29 is 31.5 Å². The maximum absolute atomic E-state index is 13.4. The molecule has 0 fully saturated rings. The number of carbonyl (C=O) groups is 1. The van der Waals surface area contributed by atoms with E-state index in [1.165, 1.54) is 6.20 Å². The molecule has 2 rings (SSSR count). The van der Waals surface area contributed by atoms with Gasteiger partial charge >= 0.3 is 5.97 Å². The highest BCUT2D eigenvalue weighted by Gasteiger charge is 2.26. The summed E-state index contributed by atoms with van der Waals surface area (Å²) in [6.45, 7) is -1.19. The van der Waals surface area contributed by atoms with E-state index in [4.69, 9.17) is 5.73 Å². The Morgan fingerprint density at radius 1 is 0.955 bits per heavy atom. The Kier molecular flexibility index (Phi) is 4.20. The second kappa shape index (κ2) is 5.92. The van der Waals surface area contributed by atoms with E-state index in [0.29, 0.717) is 0 Å². The molecule has 1 aromatic carbocycles. The van der Waals surface area contributed by atoms with Crippen LogP contribution in [0.3, 0.4) is 0 Å². The molecule has 0 aliphatic rings. The van der Waals surface area contributed by atoms with Gasteiger partial charge in [-0.1, -0.05) is 0 Å². The number of hydrogen-bond acceptors (Lipinski definition) is 5. The van der Waals surface area contributed by atoms with E-state index in [2.05, 4.69) is 14.7 Å². The van der Waals surface area contributed by atoms with Gasteiger partial charge in [-0.15, -0.1) is 0 Å². The van der Waals surface area contributed by atoms with Gasteiger partial charge in [0.05, 0.1) is 5.56 Å². The second-order valence-electron chi connectivity index (χ2n) is 3.91. The van der Waals surface area contributed by atoms with Crippen molar-refractivity contribution in [3.8, 4) is 0 Å². The van der Waals surface area contributed by atoms with E-state index in [9.17, 15) is 26.7 Å². The number of aromatic nitrogens is 2. The van der Waals surface area contributed by atoms with Crippen LogP contribution in [-0.4, -0.2) is 15.9 Å². The summed E-state index contributed by atoms with van der Waals surface area (Å²) in [6.07, 6.45) is 2.28. The van der Waals surface area contributed by atoms with E-state index in [1.807, 2.05) is 0 Å². The highest BCUT2D eigenvalue weighted by Crippen LogP contribution is 2.23. The normalized spacial score (nSPS) is 10.6. The maximum atomic E-state index is 13.4. The monoisotopic (exact) mass is 319 g/mol. The van der Waals surface area contributed by atoms with E-state index in [-0.39, 0.29) is 5.82 Å². The molecule has 0 saturated heterocycles. The van der Waals surface area contributed by atoms with Crippen molar-refractivity contribution in [1.29, 1.82) is 0 Å². The molecule has 0 aliphatic heterocycles. The predicted octanol–water partition coefficient (Wildman–Crippen LogP) is 2.11. The van der Waals surface area contributed by atoms with E-state index in [1.54, 1.807) is 0 Å². The van der Waals surface area contributed by atoms with Crippen LogP contribution in [-0.2, 0) is 11.3 Å². The fraction of sp³-hybridized carbons (Fsp3) is 0.0833. The summed E-state index contributed by atoms with van der Waals surface area (Å²) in [6, 6.07) is 0. The van der Waals surface area contributed by atoms with Crippen LogP contribution in [0.25, 0.3) is 0 Å². The lowest BCUT2D eigenvalue weighted by atomic mass is 10.2. The lowest BCUT2D eigenvalue weighted by Gasteiger charge is -2.09. The smallest absolute Gasteiger partial charge is 0.361 e. The first-order valence-corrected chi connectivity index (χ1v) is 5.58. The van der Waals surface area contributed by atoms with Crippen LogP contribution in [0.1, 0.15) is 16.1 Å². The van der Waals surface area contributed by atoms with Crippen LogP contribution >= 0.6 is 0 Å². The standard InChI is InChI=1S/C12H6F5N3O2/c13-5-4(6(14)8(16)9(17)7(5)15)3-22-12(21)10-11(18)20-2-1-19-10/h1-2H,3H2,(H2,18,20). The van der Waals surface area contributed by atoms with Gasteiger partial charge in [-0.05, 0) is 0 Å². The van der Waals surface area contributed by atoms with Crippen molar-refractivity contribution in [1.82, 2.24) is 9.97 Å². The Hall–Kier alpha value is -2.78. The number of rotatable bonds is 3. The minimum absolute atomic E-state index is 0.315. The van der Waals surface area contributed by atoms with Gasteiger partial charge in [0.15, 0.2) is 34.8 Å². The number of anilines is 1. The molecule has 0 unspecified atom stereocenters. The van der Waals surface area contributed by atoms with Gasteiger partial charge in [0.25, 0.3) is 0 Å². The average molecular weight is 319 g/mol. The Morgan fingerprint density at radius 2 is 1.45 bits per heavy atom. The van der Waals surface area contributed by atoms with Crippen molar-refractivity contribution in [3.63, 3.8) is 0 Å². The minimum Gasteiger partial charge on any atom is -0.456 e. The van der Waals surface area contributed by atoms with Crippen molar-refractivity contribution >= 4 is 11.8 Å². The van der Waals surface area contributed by atoms with Gasteiger partial charge in [-0.25, -0.2) is 36.7 Å². The number of hydrogen-bond donors (Lipinski definition) is 1. The summed E-state index contributed by atoms with van der Waals surface area (Å²) in [4.78, 5) is 18.6. The SMILES string of the molecule is Nc1nccnc1C(=O)OCc1c(F)c(F)c(F)c(F)c1F. The van der Waals surface area contributed by atoms with Crippen LogP contribution in [0.15, 0.2) is 12.4 Å². The van der Waals surface area contributed by atoms with Crippen LogP contribution in [0.5, 0.6) is 0 Å². The first kappa shape index (κ1) is 15.6. The third kappa shape index (κ3) is 2.67. The Labute approximate surface area is 119 Å². The number of nitrogens with zero attached hydrogens (tertiary/aromatic N) is 2. The zero-order valence-electron chi connectivity index (χ0n) is 10.5. The lowest BCUT2D eigenvalue weighted by Crippen LogP contribution is -2.14. The molecule has 0 spiro atoms. The predicted molar refractivity (Wildman–Crippen MR) is 61.8 cm³/mol. The number of carbonyl (C=O) groups excluding carboxylic acids is 1. The molecular formula is C12H6F5N3O2. The van der Waals surface area contributed by atoms with Crippen LogP contribution in [0.2, 0.25) is 0 Å². The third-order valence-corrected chi connectivity index (χ3v) is 2.57. The zero-order valence-corrected chi connectivity index (χ0v) is 10.5. The highest BCUT2D eigenvalue weighted by molar-refractivity contribution is 5.91. The van der Waals surface area contributed by atoms with Crippen molar-refractivity contribution in [2.45, 2.75) is 6.61 Å². The van der Waals surface area contributed by atoms with Gasteiger partial charge < -0.3 is 10.5 Å². The molecule has 1 aromatic heterocycles. The van der Waals surface area contributed by atoms with Crippen molar-refractivity contribution in [2.24, 2.45) is 0 Å². The molecule has 2 aromatic rings. The van der Waals surface area contributed by atoms with E-state index >= 15 is 0 Å². The minimum atomic E-state index is -2.30. The summed E-state index contributed by atoms with van der Waals surface area (Å²) in [5.74, 6) is -12.3. The summed E-state index contributed by atoms with van der Waals surface area (Å²) < 4.78 is 70.0. The molecule has 22 heavy (non-hydrogen) atoms. The molecule has 0 radical (unpaired) electrons. The number of benzene rings is 1. The van der Waals surface area contributed by atoms with Gasteiger partial charge in [0.1, 0.15) is 6.61 Å². The zero-order chi connectivity index (χ0) is 16.4. The Bertz CT molecular complexity index is 725. The van der Waals surface area contributed by atoms with E-state index < -0.39 is 52.9 Å². The Morgan fingerprint density at radius 3 is 2.00 bits per heavy atom. The maximum Gasteiger partial charge on any atom is 0.361 e. The van der Waals surface area contributed by atoms with Gasteiger partial charge in [-0.2, -0.15) is 0 Å². The number of ether oxygens (including phenoxy) is 1. The summed E-state index contributed by atoms with van der Waals surface area (Å²) in [5, 5.41) is 0. The number of esters is 1. The van der Waals surface area contributed by atoms with Crippen molar-refractivity contribution in [3.05, 3.63) is 52.7 Å². The molecule has 0 amide bonds. The third-order valence-electron chi connectivity index (χ3n) is 2.57. The lowest BCUT2D eigenvalue weighted by molar-refractivity contribution is 0.0456. The largest absolute Gasteiger partial charge is 0.456 e. The topological polar surface area (TPSA) is 78.1 Å². The molecule has 0 aliphatic carbocycles. The van der Waals surface area contributed by atoms with Gasteiger partial charge in [0.2, 0.25) is 5.82 Å². The molecule has 0 atom stereocenters. The highest BCUT2D eigenvalue weighted by atomic mass is 19.2. The summed E-state index contributed by atoms with van der Waals surface area (Å²) in [7, 11) is 0. The summed E-state index contributed by atoms with van der Waals surface area (Å²) >= 11 is 0. The number of halogens is 5. The average Bonchev–Trinajstić information content (AvgIpc) is 2.51. The molecule has 5 nitrogen and oxygen atoms in total. The molecule has 0 saturated carbocycles. The summed E-state index contributed by atoms with van der Waals surface area (Å²) in [5.41, 5.74) is 3.59. The van der Waals surface area contributed by atoms with Crippen LogP contribution in [0.4, 0.5) is 27.8 Å². The van der Waals surface area contributed by atoms with Crippen molar-refractivity contribution in [2.75, 3.05) is 5.73 Å². The van der Waals surface area contributed by atoms with Crippen LogP contribution < -0.4 is 5.73 Å². The quantitative estimate of drug-likeness (QED) is 0.406. The number of nitrogen functional groups attached to an aromatic ring is 1. The molecule has 0 bridgehead atoms.